The molecule has 0 spiro atoms. The van der Waals surface area contributed by atoms with Crippen molar-refractivity contribution >= 4 is 17.3 Å². The van der Waals surface area contributed by atoms with Gasteiger partial charge in [0.15, 0.2) is 0 Å². The molecule has 0 aliphatic carbocycles. The van der Waals surface area contributed by atoms with E-state index in [1.807, 2.05) is 25.1 Å². The lowest BCUT2D eigenvalue weighted by atomic mass is 10.1. The van der Waals surface area contributed by atoms with Crippen LogP contribution in [0.4, 0.5) is 11.4 Å². The molecular weight excluding hydrogens is 364 g/mol. The lowest BCUT2D eigenvalue weighted by molar-refractivity contribution is -0.117. The van der Waals surface area contributed by atoms with Gasteiger partial charge in [-0.15, -0.1) is 0 Å². The number of amides is 1. The third-order valence-electron chi connectivity index (χ3n) is 4.08. The van der Waals surface area contributed by atoms with E-state index < -0.39 is 5.91 Å². The van der Waals surface area contributed by atoms with Crippen molar-refractivity contribution in [3.8, 4) is 6.07 Å². The number of hydrogen-bond acceptors (Lipinski definition) is 5. The summed E-state index contributed by atoms with van der Waals surface area (Å²) in [5.41, 5.74) is 3.05. The van der Waals surface area contributed by atoms with Crippen LogP contribution < -0.4 is 27.9 Å². The first-order valence-electron chi connectivity index (χ1n) is 8.62. The highest BCUT2D eigenvalue weighted by Gasteiger charge is 2.10. The first kappa shape index (κ1) is 22.1. The van der Waals surface area contributed by atoms with Crippen molar-refractivity contribution in [1.82, 2.24) is 5.32 Å². The first-order valence-corrected chi connectivity index (χ1v) is 8.62. The molecule has 27 heavy (non-hydrogen) atoms. The van der Waals surface area contributed by atoms with Gasteiger partial charge in [0.2, 0.25) is 0 Å². The Hall–Kier alpha value is -2.91. The maximum Gasteiger partial charge on any atom is 0.263 e. The monoisotopic (exact) mass is 387 g/mol. The van der Waals surface area contributed by atoms with Gasteiger partial charge >= 0.3 is 0 Å². The second-order valence-corrected chi connectivity index (χ2v) is 5.75. The van der Waals surface area contributed by atoms with Crippen LogP contribution in [0.5, 0.6) is 0 Å². The summed E-state index contributed by atoms with van der Waals surface area (Å²) in [5, 5.41) is 14.9. The zero-order valence-electron chi connectivity index (χ0n) is 15.8. The van der Waals surface area contributed by atoms with Gasteiger partial charge in [0, 0.05) is 30.7 Å². The topological polar surface area (TPSA) is 81.3 Å². The lowest BCUT2D eigenvalue weighted by Gasteiger charge is -2.22. The molecule has 144 valence electrons. The molecular formula is C20H24ClN4O2-. The van der Waals surface area contributed by atoms with E-state index in [4.69, 9.17) is 4.42 Å². The molecule has 0 fully saturated rings. The number of anilines is 2. The summed E-state index contributed by atoms with van der Waals surface area (Å²) in [6.07, 6.45) is 2.96. The molecule has 1 heterocycles. The van der Waals surface area contributed by atoms with Gasteiger partial charge in [-0.3, -0.25) is 4.79 Å². The third-order valence-corrected chi connectivity index (χ3v) is 4.08. The minimum absolute atomic E-state index is 0. The molecule has 0 unspecified atom stereocenters. The van der Waals surface area contributed by atoms with Gasteiger partial charge in [-0.05, 0) is 56.7 Å². The van der Waals surface area contributed by atoms with Crippen molar-refractivity contribution < 1.29 is 21.6 Å². The van der Waals surface area contributed by atoms with Crippen molar-refractivity contribution in [1.29, 1.82) is 5.26 Å². The fraction of sp³-hybridized carbons (Fsp3) is 0.300. The van der Waals surface area contributed by atoms with E-state index in [1.54, 1.807) is 12.1 Å². The summed E-state index contributed by atoms with van der Waals surface area (Å²) in [6.45, 7) is 8.35. The van der Waals surface area contributed by atoms with Crippen LogP contribution in [0.25, 0.3) is 0 Å². The molecule has 2 rings (SSSR count). The summed E-state index contributed by atoms with van der Waals surface area (Å²) < 4.78 is 5.15. The zero-order valence-corrected chi connectivity index (χ0v) is 16.5. The minimum Gasteiger partial charge on any atom is -1.00 e. The SMILES string of the molecule is CCN(CC)c1ccc(N/C=C(/C#N)C(=O)NCc2ccco2)c(C)c1.[Cl-]. The molecule has 1 aromatic heterocycles. The number of rotatable bonds is 8. The molecule has 6 nitrogen and oxygen atoms in total. The van der Waals surface area contributed by atoms with E-state index in [0.29, 0.717) is 5.76 Å². The number of hydrogen-bond donors (Lipinski definition) is 2. The van der Waals surface area contributed by atoms with Crippen LogP contribution in [-0.2, 0) is 11.3 Å². The van der Waals surface area contributed by atoms with Crippen LogP contribution in [0.15, 0.2) is 52.8 Å². The number of nitriles is 1. The summed E-state index contributed by atoms with van der Waals surface area (Å²) >= 11 is 0. The van der Waals surface area contributed by atoms with Crippen molar-refractivity contribution in [3.05, 3.63) is 59.7 Å². The average Bonchev–Trinajstić information content (AvgIpc) is 3.16. The van der Waals surface area contributed by atoms with Crippen molar-refractivity contribution in [2.24, 2.45) is 0 Å². The van der Waals surface area contributed by atoms with E-state index in [-0.39, 0.29) is 24.5 Å². The number of benzene rings is 1. The number of carbonyl (C=O) groups excluding carboxylic acids is 1. The smallest absolute Gasteiger partial charge is 0.263 e. The van der Waals surface area contributed by atoms with E-state index in [9.17, 15) is 10.1 Å². The van der Waals surface area contributed by atoms with E-state index in [2.05, 4.69) is 35.4 Å². The van der Waals surface area contributed by atoms with Gasteiger partial charge in [0.05, 0.1) is 12.8 Å². The molecule has 1 amide bonds. The highest BCUT2D eigenvalue weighted by atomic mass is 35.5. The summed E-state index contributed by atoms with van der Waals surface area (Å²) in [7, 11) is 0. The van der Waals surface area contributed by atoms with Crippen molar-refractivity contribution in [2.45, 2.75) is 27.3 Å². The maximum atomic E-state index is 12.1. The predicted molar refractivity (Wildman–Crippen MR) is 103 cm³/mol. The molecule has 2 aromatic rings. The van der Waals surface area contributed by atoms with Crippen LogP contribution in [0.1, 0.15) is 25.2 Å². The number of furan rings is 1. The highest BCUT2D eigenvalue weighted by Crippen LogP contribution is 2.22. The first-order chi connectivity index (χ1) is 12.6. The van der Waals surface area contributed by atoms with Crippen LogP contribution in [0, 0.1) is 18.3 Å². The standard InChI is InChI=1S/C20H24N4O2.ClH/c1-4-24(5-2)17-8-9-19(15(3)11-17)22-13-16(12-21)20(25)23-14-18-7-6-10-26-18;/h6-11,13,22H,4-5,14H2,1-3H3,(H,23,25);1H/p-1/b16-13-;. The van der Waals surface area contributed by atoms with Crippen LogP contribution >= 0.6 is 0 Å². The number of aryl methyl sites for hydroxylation is 1. The zero-order chi connectivity index (χ0) is 18.9. The fourth-order valence-corrected chi connectivity index (χ4v) is 2.57. The predicted octanol–water partition coefficient (Wildman–Crippen LogP) is 0.574. The molecule has 1 aromatic carbocycles. The van der Waals surface area contributed by atoms with E-state index in [1.165, 1.54) is 12.5 Å². The van der Waals surface area contributed by atoms with Crippen LogP contribution in [0.2, 0.25) is 0 Å². The average molecular weight is 388 g/mol. The molecule has 0 atom stereocenters. The Morgan fingerprint density at radius 2 is 2.04 bits per heavy atom. The normalized spacial score (nSPS) is 10.5. The van der Waals surface area contributed by atoms with Gasteiger partial charge in [-0.2, -0.15) is 5.26 Å². The largest absolute Gasteiger partial charge is 1.00 e. The molecule has 0 bridgehead atoms. The van der Waals surface area contributed by atoms with Gasteiger partial charge in [-0.1, -0.05) is 0 Å². The second kappa shape index (κ2) is 10.9. The summed E-state index contributed by atoms with van der Waals surface area (Å²) in [6, 6.07) is 11.5. The molecule has 2 N–H and O–H groups in total. The number of carbonyl (C=O) groups is 1. The van der Waals surface area contributed by atoms with Crippen molar-refractivity contribution in [3.63, 3.8) is 0 Å². The van der Waals surface area contributed by atoms with Gasteiger partial charge in [0.1, 0.15) is 17.4 Å². The van der Waals surface area contributed by atoms with E-state index >= 15 is 0 Å². The number of nitrogens with zero attached hydrogens (tertiary/aromatic N) is 2. The fourth-order valence-electron chi connectivity index (χ4n) is 2.57. The molecule has 0 aliphatic heterocycles. The van der Waals surface area contributed by atoms with Gasteiger partial charge in [0.25, 0.3) is 5.91 Å². The Morgan fingerprint density at radius 3 is 2.59 bits per heavy atom. The Morgan fingerprint density at radius 1 is 1.30 bits per heavy atom. The molecule has 7 heteroatoms. The second-order valence-electron chi connectivity index (χ2n) is 5.75. The number of nitrogens with one attached hydrogen (secondary N) is 2. The highest BCUT2D eigenvalue weighted by molar-refractivity contribution is 5.97. The summed E-state index contributed by atoms with van der Waals surface area (Å²) in [5.74, 6) is 0.181. The minimum atomic E-state index is -0.450. The van der Waals surface area contributed by atoms with Gasteiger partial charge < -0.3 is 32.4 Å². The molecule has 0 radical (unpaired) electrons. The Balaban J connectivity index is 0.00000364. The van der Waals surface area contributed by atoms with Crippen LogP contribution in [-0.4, -0.2) is 19.0 Å². The number of halogens is 1. The quantitative estimate of drug-likeness (QED) is 0.511. The van der Waals surface area contributed by atoms with Crippen LogP contribution in [0.3, 0.4) is 0 Å². The maximum absolute atomic E-state index is 12.1. The van der Waals surface area contributed by atoms with Crippen molar-refractivity contribution in [2.75, 3.05) is 23.3 Å². The Bertz CT molecular complexity index is 806. The molecule has 0 saturated heterocycles. The molecule has 0 saturated carbocycles. The Kier molecular flexibility index (Phi) is 8.97. The van der Waals surface area contributed by atoms with Gasteiger partial charge in [-0.25, -0.2) is 0 Å². The summed E-state index contributed by atoms with van der Waals surface area (Å²) in [4.78, 5) is 14.4. The van der Waals surface area contributed by atoms with E-state index in [0.717, 1.165) is 30.0 Å². The lowest BCUT2D eigenvalue weighted by Crippen LogP contribution is -3.00. The molecule has 0 aliphatic rings. The Labute approximate surface area is 166 Å². The third kappa shape index (κ3) is 6.08.